The van der Waals surface area contributed by atoms with E-state index in [0.29, 0.717) is 17.8 Å². The van der Waals surface area contributed by atoms with Gasteiger partial charge < -0.3 is 14.6 Å². The van der Waals surface area contributed by atoms with Crippen molar-refractivity contribution in [1.82, 2.24) is 0 Å². The van der Waals surface area contributed by atoms with E-state index in [-0.39, 0.29) is 17.6 Å². The molecule has 1 spiro atoms. The average molecular weight is 370 g/mol. The van der Waals surface area contributed by atoms with E-state index in [9.17, 15) is 10.4 Å². The number of nitriles is 1. The summed E-state index contributed by atoms with van der Waals surface area (Å²) in [7, 11) is 0. The maximum Gasteiger partial charge on any atom is 0.172 e. The van der Waals surface area contributed by atoms with E-state index in [1.165, 1.54) is 6.42 Å². The molecule has 2 fully saturated rings. The van der Waals surface area contributed by atoms with Gasteiger partial charge in [0, 0.05) is 18.3 Å². The molecule has 27 heavy (non-hydrogen) atoms. The summed E-state index contributed by atoms with van der Waals surface area (Å²) in [6, 6.07) is 2.25. The van der Waals surface area contributed by atoms with Crippen LogP contribution in [0, 0.1) is 34.5 Å². The van der Waals surface area contributed by atoms with Crippen LogP contribution in [0.15, 0.2) is 23.3 Å². The molecule has 5 rings (SSSR count). The van der Waals surface area contributed by atoms with Gasteiger partial charge in [-0.2, -0.15) is 5.26 Å². The standard InChI is InChI=1S/C23H31NO3/c1-2-21-8-5-18-17-6-10-23(26-13-14-27-23)15-16(17)3-4-19(18)20(21)7-9-22(21,25)11-12-24/h7,9,18-20,25H,2-6,8,10-11,13-15H2,1H3/t18-,19-,20+,21?,22-/m1/s1. The monoisotopic (exact) mass is 369 g/mol. The van der Waals surface area contributed by atoms with Crippen LogP contribution in [0.4, 0.5) is 0 Å². The van der Waals surface area contributed by atoms with Crippen LogP contribution >= 0.6 is 0 Å². The average Bonchev–Trinajstić information content (AvgIpc) is 3.24. The molecule has 0 amide bonds. The Morgan fingerprint density at radius 3 is 2.78 bits per heavy atom. The summed E-state index contributed by atoms with van der Waals surface area (Å²) in [5.41, 5.74) is 2.20. The van der Waals surface area contributed by atoms with Crippen molar-refractivity contribution in [2.75, 3.05) is 13.2 Å². The minimum absolute atomic E-state index is 0.143. The molecule has 1 unspecified atom stereocenters. The van der Waals surface area contributed by atoms with Gasteiger partial charge >= 0.3 is 0 Å². The summed E-state index contributed by atoms with van der Waals surface area (Å²) in [4.78, 5) is 0. The van der Waals surface area contributed by atoms with Gasteiger partial charge in [-0.3, -0.25) is 0 Å². The molecule has 4 heteroatoms. The predicted octanol–water partition coefficient (Wildman–Crippen LogP) is 4.26. The predicted molar refractivity (Wildman–Crippen MR) is 101 cm³/mol. The molecule has 4 nitrogen and oxygen atoms in total. The Kier molecular flexibility index (Phi) is 4.10. The fourth-order valence-corrected chi connectivity index (χ4v) is 7.41. The van der Waals surface area contributed by atoms with Gasteiger partial charge in [-0.25, -0.2) is 0 Å². The van der Waals surface area contributed by atoms with Crippen LogP contribution in [0.3, 0.4) is 0 Å². The van der Waals surface area contributed by atoms with Gasteiger partial charge in [0.1, 0.15) is 5.60 Å². The first-order valence-electron chi connectivity index (χ1n) is 10.8. The Bertz CT molecular complexity index is 728. The first-order valence-corrected chi connectivity index (χ1v) is 10.8. The molecule has 5 atom stereocenters. The lowest BCUT2D eigenvalue weighted by Crippen LogP contribution is -2.53. The molecule has 1 aliphatic heterocycles. The molecule has 5 aliphatic rings. The summed E-state index contributed by atoms with van der Waals surface area (Å²) >= 11 is 0. The third-order valence-corrected chi connectivity index (χ3v) is 8.69. The fourth-order valence-electron chi connectivity index (χ4n) is 7.41. The zero-order valence-corrected chi connectivity index (χ0v) is 16.4. The van der Waals surface area contributed by atoms with Crippen LogP contribution < -0.4 is 0 Å². The molecule has 1 heterocycles. The highest BCUT2D eigenvalue weighted by atomic mass is 16.7. The molecule has 1 saturated carbocycles. The van der Waals surface area contributed by atoms with Crippen molar-refractivity contribution in [3.63, 3.8) is 0 Å². The smallest absolute Gasteiger partial charge is 0.172 e. The molecule has 0 aromatic heterocycles. The summed E-state index contributed by atoms with van der Waals surface area (Å²) in [5, 5.41) is 20.6. The Morgan fingerprint density at radius 1 is 1.22 bits per heavy atom. The third-order valence-electron chi connectivity index (χ3n) is 8.69. The zero-order chi connectivity index (χ0) is 18.7. The number of hydrogen-bond acceptors (Lipinski definition) is 4. The molecule has 0 bridgehead atoms. The number of aliphatic hydroxyl groups is 1. The third kappa shape index (κ3) is 2.38. The molecule has 1 saturated heterocycles. The van der Waals surface area contributed by atoms with E-state index in [1.807, 2.05) is 6.08 Å². The first-order chi connectivity index (χ1) is 13.1. The highest BCUT2D eigenvalue weighted by Crippen LogP contribution is 2.64. The zero-order valence-electron chi connectivity index (χ0n) is 16.4. The second-order valence-corrected chi connectivity index (χ2v) is 9.41. The van der Waals surface area contributed by atoms with Crippen LogP contribution in [0.5, 0.6) is 0 Å². The van der Waals surface area contributed by atoms with E-state index < -0.39 is 5.60 Å². The van der Waals surface area contributed by atoms with Crippen LogP contribution in [-0.4, -0.2) is 29.7 Å². The quantitative estimate of drug-likeness (QED) is 0.739. The van der Waals surface area contributed by atoms with E-state index in [4.69, 9.17) is 9.47 Å². The summed E-state index contributed by atoms with van der Waals surface area (Å²) < 4.78 is 12.0. The van der Waals surface area contributed by atoms with Gasteiger partial charge in [-0.1, -0.05) is 30.2 Å². The highest BCUT2D eigenvalue weighted by molar-refractivity contribution is 5.33. The van der Waals surface area contributed by atoms with Gasteiger partial charge in [0.05, 0.1) is 25.7 Å². The van der Waals surface area contributed by atoms with Crippen LogP contribution in [0.2, 0.25) is 0 Å². The van der Waals surface area contributed by atoms with Crippen molar-refractivity contribution < 1.29 is 14.6 Å². The minimum atomic E-state index is -0.942. The topological polar surface area (TPSA) is 62.5 Å². The van der Waals surface area contributed by atoms with Crippen LogP contribution in [0.1, 0.15) is 64.7 Å². The van der Waals surface area contributed by atoms with Gasteiger partial charge in [-0.05, 0) is 56.3 Å². The van der Waals surface area contributed by atoms with Crippen molar-refractivity contribution in [1.29, 1.82) is 5.26 Å². The van der Waals surface area contributed by atoms with E-state index in [2.05, 4.69) is 19.1 Å². The lowest BCUT2D eigenvalue weighted by molar-refractivity contribution is -0.166. The lowest BCUT2D eigenvalue weighted by atomic mass is 9.50. The SMILES string of the molecule is CCC12CC[C@@H]3C4=C(CC[C@H]3[C@@H]1C=C[C@@]2(O)CC#N)CC1(CC4)OCCO1. The molecular weight excluding hydrogens is 338 g/mol. The Labute approximate surface area is 162 Å². The normalized spacial score (nSPS) is 44.7. The maximum atomic E-state index is 11.3. The number of allylic oxidation sites excluding steroid dienone is 2. The number of ether oxygens (including phenoxy) is 2. The number of rotatable bonds is 2. The van der Waals surface area contributed by atoms with E-state index in [0.717, 1.165) is 58.2 Å². The molecular formula is C23H31NO3. The summed E-state index contributed by atoms with van der Waals surface area (Å²) in [6.07, 6.45) is 13.0. The summed E-state index contributed by atoms with van der Waals surface area (Å²) in [5.74, 6) is 1.34. The number of nitrogens with zero attached hydrogens (tertiary/aromatic N) is 1. The molecule has 0 aromatic rings. The van der Waals surface area contributed by atoms with Crippen molar-refractivity contribution in [3.05, 3.63) is 23.3 Å². The molecule has 0 radical (unpaired) electrons. The fraction of sp³-hybridized carbons (Fsp3) is 0.783. The van der Waals surface area contributed by atoms with Gasteiger partial charge in [-0.15, -0.1) is 0 Å². The van der Waals surface area contributed by atoms with E-state index in [1.54, 1.807) is 11.1 Å². The Hall–Kier alpha value is -1.15. The number of fused-ring (bicyclic) bond motifs is 4. The van der Waals surface area contributed by atoms with E-state index >= 15 is 0 Å². The highest BCUT2D eigenvalue weighted by Gasteiger charge is 2.61. The second kappa shape index (κ2) is 6.17. The lowest BCUT2D eigenvalue weighted by Gasteiger charge is -2.55. The Balaban J connectivity index is 1.44. The molecule has 1 N–H and O–H groups in total. The molecule has 4 aliphatic carbocycles. The molecule has 0 aromatic carbocycles. The van der Waals surface area contributed by atoms with Crippen molar-refractivity contribution in [3.8, 4) is 6.07 Å². The first kappa shape index (κ1) is 17.9. The van der Waals surface area contributed by atoms with Gasteiger partial charge in [0.25, 0.3) is 0 Å². The van der Waals surface area contributed by atoms with Crippen LogP contribution in [0.25, 0.3) is 0 Å². The van der Waals surface area contributed by atoms with Crippen molar-refractivity contribution >= 4 is 0 Å². The largest absolute Gasteiger partial charge is 0.384 e. The minimum Gasteiger partial charge on any atom is -0.384 e. The number of hydrogen-bond donors (Lipinski definition) is 1. The second-order valence-electron chi connectivity index (χ2n) is 9.41. The van der Waals surface area contributed by atoms with Crippen molar-refractivity contribution in [2.45, 2.75) is 76.1 Å². The van der Waals surface area contributed by atoms with Gasteiger partial charge in [0.15, 0.2) is 5.79 Å². The summed E-state index contributed by atoms with van der Waals surface area (Å²) in [6.45, 7) is 3.67. The van der Waals surface area contributed by atoms with Gasteiger partial charge in [0.2, 0.25) is 0 Å². The maximum absolute atomic E-state index is 11.3. The van der Waals surface area contributed by atoms with Crippen LogP contribution in [-0.2, 0) is 9.47 Å². The van der Waals surface area contributed by atoms with Crippen molar-refractivity contribution in [2.24, 2.45) is 23.2 Å². The molecule has 146 valence electrons. The Morgan fingerprint density at radius 2 is 2.04 bits per heavy atom.